The molecule has 1 rings (SSSR count). The largest absolute Gasteiger partial charge is 0.480 e. The highest BCUT2D eigenvalue weighted by Gasteiger charge is 2.42. The van der Waals surface area contributed by atoms with Crippen LogP contribution in [0.25, 0.3) is 0 Å². The van der Waals surface area contributed by atoms with E-state index in [4.69, 9.17) is 20.7 Å². The van der Waals surface area contributed by atoms with Crippen molar-refractivity contribution >= 4 is 11.8 Å². The number of carboxylic acid groups (broad SMARTS) is 1. The Labute approximate surface area is 121 Å². The third-order valence-electron chi connectivity index (χ3n) is 3.33. The molecule has 0 aromatic carbocycles. The van der Waals surface area contributed by atoms with Crippen molar-refractivity contribution < 1.29 is 34.8 Å². The van der Waals surface area contributed by atoms with Gasteiger partial charge < -0.3 is 30.9 Å². The zero-order valence-electron chi connectivity index (χ0n) is 11.5. The molecule has 0 bridgehead atoms. The summed E-state index contributed by atoms with van der Waals surface area (Å²) in [5.74, 6) is -1.76. The van der Waals surface area contributed by atoms with Crippen molar-refractivity contribution in [2.75, 3.05) is 13.2 Å². The minimum Gasteiger partial charge on any atom is -0.480 e. The first kappa shape index (κ1) is 18.0. The van der Waals surface area contributed by atoms with Crippen molar-refractivity contribution in [2.45, 2.75) is 49.8 Å². The number of unbranched alkanes of at least 4 members (excludes halogenated alkanes) is 1. The van der Waals surface area contributed by atoms with Crippen molar-refractivity contribution in [2.24, 2.45) is 5.73 Å². The number of rotatable bonds is 8. The van der Waals surface area contributed by atoms with Gasteiger partial charge in [-0.15, -0.1) is 0 Å². The topological polar surface area (TPSA) is 162 Å². The van der Waals surface area contributed by atoms with Crippen LogP contribution in [0.4, 0.5) is 0 Å². The molecule has 0 aromatic heterocycles. The molecule has 9 heteroatoms. The van der Waals surface area contributed by atoms with Crippen LogP contribution >= 0.6 is 0 Å². The van der Waals surface area contributed by atoms with Crippen LogP contribution in [0.3, 0.4) is 0 Å². The Morgan fingerprint density at radius 2 is 2.05 bits per heavy atom. The molecule has 1 heterocycles. The van der Waals surface area contributed by atoms with Gasteiger partial charge in [0.05, 0.1) is 6.61 Å². The Hall–Kier alpha value is -1.10. The fourth-order valence-corrected chi connectivity index (χ4v) is 1.99. The molecule has 1 saturated heterocycles. The van der Waals surface area contributed by atoms with Gasteiger partial charge in [-0.3, -0.25) is 14.9 Å². The van der Waals surface area contributed by atoms with E-state index in [-0.39, 0.29) is 0 Å². The summed E-state index contributed by atoms with van der Waals surface area (Å²) in [5, 5.41) is 39.4. The number of nitrogens with two attached hydrogens (primary N) is 1. The molecule has 5 unspecified atom stereocenters. The number of aliphatic carboxylic acids is 1. The molecule has 0 radical (unpaired) electrons. The van der Waals surface area contributed by atoms with Gasteiger partial charge >= 0.3 is 5.97 Å². The van der Waals surface area contributed by atoms with Crippen LogP contribution in [-0.2, 0) is 14.3 Å². The van der Waals surface area contributed by atoms with E-state index in [1.807, 2.05) is 0 Å². The van der Waals surface area contributed by atoms with E-state index >= 15 is 0 Å². The summed E-state index contributed by atoms with van der Waals surface area (Å²) >= 11 is 0. The van der Waals surface area contributed by atoms with Crippen molar-refractivity contribution in [1.29, 1.82) is 0 Å². The number of ether oxygens (including phenoxy) is 1. The number of ketones is 1. The van der Waals surface area contributed by atoms with Crippen molar-refractivity contribution in [3.63, 3.8) is 0 Å². The number of hydrogen-bond donors (Lipinski definition) is 6. The lowest BCUT2D eigenvalue weighted by atomic mass is 10.00. The molecule has 0 saturated carbocycles. The highest BCUT2D eigenvalue weighted by molar-refractivity contribution is 5.88. The van der Waals surface area contributed by atoms with Gasteiger partial charge in [-0.2, -0.15) is 0 Å². The number of carboxylic acids is 1. The first-order chi connectivity index (χ1) is 9.88. The van der Waals surface area contributed by atoms with Crippen molar-refractivity contribution in [1.82, 2.24) is 5.32 Å². The quantitative estimate of drug-likeness (QED) is 0.259. The predicted molar refractivity (Wildman–Crippen MR) is 70.2 cm³/mol. The Bertz CT molecular complexity index is 366. The minimum atomic E-state index is -1.60. The molecule has 1 aliphatic rings. The number of carbonyl (C=O) groups excluding carboxylic acids is 1. The molecule has 1 aliphatic heterocycles. The summed E-state index contributed by atoms with van der Waals surface area (Å²) in [7, 11) is 0. The predicted octanol–water partition coefficient (Wildman–Crippen LogP) is -2.83. The van der Waals surface area contributed by atoms with Gasteiger partial charge in [-0.1, -0.05) is 6.42 Å². The summed E-state index contributed by atoms with van der Waals surface area (Å²) in [6.45, 7) is -0.166. The zero-order chi connectivity index (χ0) is 16.0. The lowest BCUT2D eigenvalue weighted by Crippen LogP contribution is -2.60. The van der Waals surface area contributed by atoms with Gasteiger partial charge in [0.1, 0.15) is 24.4 Å². The van der Waals surface area contributed by atoms with E-state index in [1.54, 1.807) is 0 Å². The minimum absolute atomic E-state index is 0.317. The van der Waals surface area contributed by atoms with Crippen LogP contribution in [-0.4, -0.2) is 75.9 Å². The van der Waals surface area contributed by atoms with Crippen molar-refractivity contribution in [3.8, 4) is 0 Å². The second kappa shape index (κ2) is 8.37. The summed E-state index contributed by atoms with van der Waals surface area (Å²) < 4.78 is 5.16. The Morgan fingerprint density at radius 3 is 2.62 bits per heavy atom. The molecule has 21 heavy (non-hydrogen) atoms. The fourth-order valence-electron chi connectivity index (χ4n) is 1.99. The maximum absolute atomic E-state index is 11.7. The molecule has 5 atom stereocenters. The molecule has 0 spiro atoms. The third kappa shape index (κ3) is 4.99. The van der Waals surface area contributed by atoms with Gasteiger partial charge in [-0.25, -0.2) is 0 Å². The highest BCUT2D eigenvalue weighted by atomic mass is 16.5. The standard InChI is InChI=1S/C12H22N2O7/c13-6(12(19)20)3-1-2-4-14-11-10(18)9(17)8(16)7(5-15)21-11/h6-9,11,14-17H,1-5,13H2,(H,19,20). The van der Waals surface area contributed by atoms with Crippen LogP contribution in [0.5, 0.6) is 0 Å². The van der Waals surface area contributed by atoms with Crippen LogP contribution in [0.15, 0.2) is 0 Å². The van der Waals surface area contributed by atoms with E-state index in [2.05, 4.69) is 5.32 Å². The normalized spacial score (nSPS) is 31.1. The van der Waals surface area contributed by atoms with E-state index in [0.717, 1.165) is 0 Å². The molecule has 9 nitrogen and oxygen atoms in total. The Morgan fingerprint density at radius 1 is 1.38 bits per heavy atom. The second-order valence-electron chi connectivity index (χ2n) is 4.97. The summed E-state index contributed by atoms with van der Waals surface area (Å²) in [5.41, 5.74) is 5.35. The van der Waals surface area contributed by atoms with E-state index < -0.39 is 48.9 Å². The number of carbonyl (C=O) groups is 2. The molecular formula is C12H22N2O7. The lowest BCUT2D eigenvalue weighted by molar-refractivity contribution is -0.192. The zero-order valence-corrected chi connectivity index (χ0v) is 11.5. The first-order valence-electron chi connectivity index (χ1n) is 6.76. The van der Waals surface area contributed by atoms with Gasteiger partial charge in [-0.05, 0) is 19.4 Å². The number of aliphatic hydroxyl groups is 3. The summed E-state index contributed by atoms with van der Waals surface area (Å²) in [4.78, 5) is 22.2. The van der Waals surface area contributed by atoms with Gasteiger partial charge in [0.2, 0.25) is 5.78 Å². The molecule has 0 aliphatic carbocycles. The van der Waals surface area contributed by atoms with Crippen molar-refractivity contribution in [3.05, 3.63) is 0 Å². The van der Waals surface area contributed by atoms with Crippen LogP contribution in [0, 0.1) is 0 Å². The molecule has 122 valence electrons. The number of nitrogens with one attached hydrogen (secondary N) is 1. The molecule has 0 aromatic rings. The number of aliphatic hydroxyl groups excluding tert-OH is 3. The molecule has 1 fully saturated rings. The Kier molecular flexibility index (Phi) is 7.15. The second-order valence-corrected chi connectivity index (χ2v) is 4.97. The van der Waals surface area contributed by atoms with Gasteiger partial charge in [0.25, 0.3) is 0 Å². The average Bonchev–Trinajstić information content (AvgIpc) is 2.46. The van der Waals surface area contributed by atoms with Crippen LogP contribution in [0.1, 0.15) is 19.3 Å². The lowest BCUT2D eigenvalue weighted by Gasteiger charge is -2.35. The maximum atomic E-state index is 11.7. The first-order valence-corrected chi connectivity index (χ1v) is 6.76. The number of Topliss-reactive ketones (excluding diaryl/α,β-unsaturated/α-hetero) is 1. The van der Waals surface area contributed by atoms with Crippen LogP contribution in [0.2, 0.25) is 0 Å². The fraction of sp³-hybridized carbons (Fsp3) is 0.833. The van der Waals surface area contributed by atoms with E-state index in [9.17, 15) is 19.8 Å². The SMILES string of the molecule is NC(CCCCNC1OC(CO)C(O)C(O)C1=O)C(=O)O. The smallest absolute Gasteiger partial charge is 0.320 e. The van der Waals surface area contributed by atoms with Gasteiger partial charge in [0.15, 0.2) is 6.23 Å². The van der Waals surface area contributed by atoms with E-state index in [0.29, 0.717) is 25.8 Å². The summed E-state index contributed by atoms with van der Waals surface area (Å²) in [6.07, 6.45) is -3.75. The van der Waals surface area contributed by atoms with Crippen LogP contribution < -0.4 is 11.1 Å². The molecule has 0 amide bonds. The monoisotopic (exact) mass is 306 g/mol. The maximum Gasteiger partial charge on any atom is 0.320 e. The Balaban J connectivity index is 2.31. The number of hydrogen-bond acceptors (Lipinski definition) is 8. The average molecular weight is 306 g/mol. The molecular weight excluding hydrogens is 284 g/mol. The van der Waals surface area contributed by atoms with Gasteiger partial charge in [0, 0.05) is 0 Å². The molecule has 7 N–H and O–H groups in total. The third-order valence-corrected chi connectivity index (χ3v) is 3.33. The highest BCUT2D eigenvalue weighted by Crippen LogP contribution is 2.16. The summed E-state index contributed by atoms with van der Waals surface area (Å²) in [6, 6.07) is -0.909. The van der Waals surface area contributed by atoms with E-state index in [1.165, 1.54) is 0 Å².